The van der Waals surface area contributed by atoms with E-state index in [-0.39, 0.29) is 6.04 Å². The molecule has 2 nitrogen and oxygen atoms in total. The Morgan fingerprint density at radius 2 is 2.31 bits per heavy atom. The number of nitriles is 1. The van der Waals surface area contributed by atoms with Crippen LogP contribution in [0.5, 0.6) is 0 Å². The van der Waals surface area contributed by atoms with Gasteiger partial charge in [0.2, 0.25) is 0 Å². The Labute approximate surface area is 79.2 Å². The van der Waals surface area contributed by atoms with Crippen LogP contribution in [0.15, 0.2) is 24.3 Å². The Kier molecular flexibility index (Phi) is 3.48. The number of nitrogens with one attached hydrogen (secondary N) is 1. The van der Waals surface area contributed by atoms with E-state index >= 15 is 0 Å². The third-order valence-corrected chi connectivity index (χ3v) is 2.03. The quantitative estimate of drug-likeness (QED) is 0.713. The molecule has 0 saturated carbocycles. The van der Waals surface area contributed by atoms with E-state index in [2.05, 4.69) is 43.4 Å². The minimum absolute atomic E-state index is 0.250. The molecule has 0 aliphatic rings. The molecule has 2 heteroatoms. The van der Waals surface area contributed by atoms with Crippen molar-refractivity contribution in [3.63, 3.8) is 0 Å². The van der Waals surface area contributed by atoms with Gasteiger partial charge >= 0.3 is 0 Å². The lowest BCUT2D eigenvalue weighted by Gasteiger charge is -2.11. The maximum Gasteiger partial charge on any atom is 0.0845 e. The molecule has 1 aromatic carbocycles. The van der Waals surface area contributed by atoms with E-state index in [4.69, 9.17) is 5.26 Å². The molecular weight excluding hydrogens is 160 g/mol. The summed E-state index contributed by atoms with van der Waals surface area (Å²) in [6.45, 7) is 4.53. The summed E-state index contributed by atoms with van der Waals surface area (Å²) < 4.78 is 0. The average Bonchev–Trinajstić information content (AvgIpc) is 2.14. The van der Waals surface area contributed by atoms with Gasteiger partial charge < -0.3 is 0 Å². The SMILES string of the molecule is Cc1cccc([C@@H](C)NCC#N)c1. The molecule has 0 fully saturated rings. The van der Waals surface area contributed by atoms with Crippen molar-refractivity contribution in [1.82, 2.24) is 5.32 Å². The van der Waals surface area contributed by atoms with Gasteiger partial charge in [0.05, 0.1) is 12.6 Å². The molecule has 0 bridgehead atoms. The van der Waals surface area contributed by atoms with Gasteiger partial charge in [0.1, 0.15) is 0 Å². The molecule has 0 heterocycles. The number of rotatable bonds is 3. The molecule has 0 radical (unpaired) electrons. The summed E-state index contributed by atoms with van der Waals surface area (Å²) >= 11 is 0. The van der Waals surface area contributed by atoms with E-state index in [0.29, 0.717) is 6.54 Å². The van der Waals surface area contributed by atoms with Gasteiger partial charge in [0.25, 0.3) is 0 Å². The average molecular weight is 174 g/mol. The van der Waals surface area contributed by atoms with Gasteiger partial charge in [0.15, 0.2) is 0 Å². The van der Waals surface area contributed by atoms with Gasteiger partial charge in [-0.15, -0.1) is 0 Å². The molecule has 0 amide bonds. The van der Waals surface area contributed by atoms with E-state index in [9.17, 15) is 0 Å². The largest absolute Gasteiger partial charge is 0.298 e. The van der Waals surface area contributed by atoms with Gasteiger partial charge in [0, 0.05) is 6.04 Å². The first-order valence-corrected chi connectivity index (χ1v) is 4.41. The lowest BCUT2D eigenvalue weighted by Crippen LogP contribution is -2.18. The molecule has 68 valence electrons. The molecule has 0 spiro atoms. The lowest BCUT2D eigenvalue weighted by molar-refractivity contribution is 0.620. The summed E-state index contributed by atoms with van der Waals surface area (Å²) in [6.07, 6.45) is 0. The zero-order chi connectivity index (χ0) is 9.68. The van der Waals surface area contributed by atoms with Crippen LogP contribution in [0, 0.1) is 18.3 Å². The van der Waals surface area contributed by atoms with E-state index in [0.717, 1.165) is 0 Å². The van der Waals surface area contributed by atoms with Crippen LogP contribution in [-0.4, -0.2) is 6.54 Å². The van der Waals surface area contributed by atoms with Crippen LogP contribution in [0.25, 0.3) is 0 Å². The highest BCUT2D eigenvalue weighted by atomic mass is 14.9. The van der Waals surface area contributed by atoms with Crippen LogP contribution in [-0.2, 0) is 0 Å². The third-order valence-electron chi connectivity index (χ3n) is 2.03. The van der Waals surface area contributed by atoms with Crippen LogP contribution < -0.4 is 5.32 Å². The minimum Gasteiger partial charge on any atom is -0.298 e. The normalized spacial score (nSPS) is 12.1. The van der Waals surface area contributed by atoms with Crippen molar-refractivity contribution in [3.8, 4) is 6.07 Å². The first-order valence-electron chi connectivity index (χ1n) is 4.41. The number of nitrogens with zero attached hydrogens (tertiary/aromatic N) is 1. The molecule has 0 aliphatic heterocycles. The van der Waals surface area contributed by atoms with Crippen molar-refractivity contribution in [2.45, 2.75) is 19.9 Å². The summed E-state index contributed by atoms with van der Waals surface area (Å²) in [6, 6.07) is 10.6. The third kappa shape index (κ3) is 2.89. The van der Waals surface area contributed by atoms with E-state index < -0.39 is 0 Å². The number of hydrogen-bond acceptors (Lipinski definition) is 2. The first-order chi connectivity index (χ1) is 6.24. The predicted molar refractivity (Wildman–Crippen MR) is 53.2 cm³/mol. The molecule has 0 unspecified atom stereocenters. The van der Waals surface area contributed by atoms with Crippen LogP contribution in [0.2, 0.25) is 0 Å². The van der Waals surface area contributed by atoms with E-state index in [1.165, 1.54) is 11.1 Å². The highest BCUT2D eigenvalue weighted by molar-refractivity contribution is 5.24. The molecule has 1 rings (SSSR count). The second-order valence-corrected chi connectivity index (χ2v) is 3.17. The summed E-state index contributed by atoms with van der Waals surface area (Å²) in [5.74, 6) is 0. The standard InChI is InChI=1S/C11H14N2/c1-9-4-3-5-11(8-9)10(2)13-7-6-12/h3-5,8,10,13H,7H2,1-2H3/t10-/m1/s1. The molecular formula is C11H14N2. The highest BCUT2D eigenvalue weighted by Crippen LogP contribution is 2.12. The highest BCUT2D eigenvalue weighted by Gasteiger charge is 2.02. The molecule has 1 N–H and O–H groups in total. The molecule has 1 aromatic rings. The Balaban J connectivity index is 2.66. The van der Waals surface area contributed by atoms with Crippen molar-refractivity contribution < 1.29 is 0 Å². The Hall–Kier alpha value is -1.33. The van der Waals surface area contributed by atoms with Crippen LogP contribution >= 0.6 is 0 Å². The summed E-state index contributed by atoms with van der Waals surface area (Å²) in [5, 5.41) is 11.5. The maximum absolute atomic E-state index is 8.40. The van der Waals surface area contributed by atoms with E-state index in [1.807, 2.05) is 6.07 Å². The summed E-state index contributed by atoms with van der Waals surface area (Å²) in [4.78, 5) is 0. The topological polar surface area (TPSA) is 35.8 Å². The zero-order valence-electron chi connectivity index (χ0n) is 8.04. The molecule has 0 saturated heterocycles. The molecule has 0 aliphatic carbocycles. The van der Waals surface area contributed by atoms with Crippen molar-refractivity contribution in [1.29, 1.82) is 5.26 Å². The monoisotopic (exact) mass is 174 g/mol. The van der Waals surface area contributed by atoms with Crippen molar-refractivity contribution in [2.24, 2.45) is 0 Å². The van der Waals surface area contributed by atoms with E-state index in [1.54, 1.807) is 0 Å². The van der Waals surface area contributed by atoms with Gasteiger partial charge in [-0.1, -0.05) is 29.8 Å². The Morgan fingerprint density at radius 3 is 2.92 bits per heavy atom. The fraction of sp³-hybridized carbons (Fsp3) is 0.364. The Bertz CT molecular complexity index is 312. The molecule has 0 aromatic heterocycles. The predicted octanol–water partition coefficient (Wildman–Crippen LogP) is 2.17. The first kappa shape index (κ1) is 9.76. The van der Waals surface area contributed by atoms with Gasteiger partial charge in [-0.05, 0) is 19.4 Å². The van der Waals surface area contributed by atoms with Gasteiger partial charge in [-0.2, -0.15) is 5.26 Å². The van der Waals surface area contributed by atoms with Gasteiger partial charge in [-0.3, -0.25) is 5.32 Å². The smallest absolute Gasteiger partial charge is 0.0845 e. The fourth-order valence-corrected chi connectivity index (χ4v) is 1.26. The van der Waals surface area contributed by atoms with Crippen LogP contribution in [0.4, 0.5) is 0 Å². The second kappa shape index (κ2) is 4.64. The Morgan fingerprint density at radius 1 is 1.54 bits per heavy atom. The molecule has 1 atom stereocenters. The number of aryl methyl sites for hydroxylation is 1. The van der Waals surface area contributed by atoms with Crippen molar-refractivity contribution in [3.05, 3.63) is 35.4 Å². The number of hydrogen-bond donors (Lipinski definition) is 1. The second-order valence-electron chi connectivity index (χ2n) is 3.17. The van der Waals surface area contributed by atoms with Crippen molar-refractivity contribution >= 4 is 0 Å². The minimum atomic E-state index is 0.250. The van der Waals surface area contributed by atoms with Gasteiger partial charge in [-0.25, -0.2) is 0 Å². The zero-order valence-corrected chi connectivity index (χ0v) is 8.04. The van der Waals surface area contributed by atoms with Crippen LogP contribution in [0.3, 0.4) is 0 Å². The lowest BCUT2D eigenvalue weighted by atomic mass is 10.1. The summed E-state index contributed by atoms with van der Waals surface area (Å²) in [5.41, 5.74) is 2.48. The van der Waals surface area contributed by atoms with Crippen molar-refractivity contribution in [2.75, 3.05) is 6.54 Å². The summed E-state index contributed by atoms with van der Waals surface area (Å²) in [7, 11) is 0. The number of benzene rings is 1. The van der Waals surface area contributed by atoms with Crippen LogP contribution in [0.1, 0.15) is 24.1 Å². The molecule has 13 heavy (non-hydrogen) atoms. The maximum atomic E-state index is 8.40. The fourth-order valence-electron chi connectivity index (χ4n) is 1.26.